The van der Waals surface area contributed by atoms with Gasteiger partial charge in [0.05, 0.1) is 5.69 Å². The molecule has 0 aliphatic rings. The van der Waals surface area contributed by atoms with Gasteiger partial charge in [-0.1, -0.05) is 36.6 Å². The number of nitrogens with one attached hydrogen (secondary N) is 1. The van der Waals surface area contributed by atoms with Gasteiger partial charge in [0.2, 0.25) is 5.95 Å². The summed E-state index contributed by atoms with van der Waals surface area (Å²) in [7, 11) is 0. The third kappa shape index (κ3) is 9.77. The second-order valence-corrected chi connectivity index (χ2v) is 12.2. The zero-order valence-electron chi connectivity index (χ0n) is 21.2. The number of aromatic nitrogens is 3. The van der Waals surface area contributed by atoms with E-state index >= 15 is 0 Å². The number of thiazole rings is 1. The van der Waals surface area contributed by atoms with E-state index in [-0.39, 0.29) is 5.97 Å². The first-order chi connectivity index (χ1) is 16.6. The second-order valence-electron chi connectivity index (χ2n) is 9.42. The molecular formula is C25H31F3N4O2S2. The Labute approximate surface area is 218 Å². The largest absolute Gasteiger partial charge is 0.459 e. The molecule has 0 fully saturated rings. The number of hydrogen-bond acceptors (Lipinski definition) is 8. The first kappa shape index (κ1) is 29.6. The van der Waals surface area contributed by atoms with E-state index in [1.807, 2.05) is 40.0 Å². The van der Waals surface area contributed by atoms with Crippen LogP contribution in [0.1, 0.15) is 52.8 Å². The van der Waals surface area contributed by atoms with E-state index in [9.17, 15) is 18.0 Å². The molecule has 0 unspecified atom stereocenters. The summed E-state index contributed by atoms with van der Waals surface area (Å²) in [6.45, 7) is 14.5. The van der Waals surface area contributed by atoms with Crippen LogP contribution in [0.25, 0.3) is 5.57 Å². The van der Waals surface area contributed by atoms with E-state index in [1.54, 1.807) is 25.4 Å². The third-order valence-electron chi connectivity index (χ3n) is 4.54. The first-order valence-corrected chi connectivity index (χ1v) is 12.8. The van der Waals surface area contributed by atoms with Gasteiger partial charge in [0, 0.05) is 41.9 Å². The van der Waals surface area contributed by atoms with Crippen molar-refractivity contribution in [2.75, 3.05) is 11.9 Å². The molecule has 0 aliphatic carbocycles. The van der Waals surface area contributed by atoms with E-state index in [0.717, 1.165) is 21.7 Å². The number of nitrogens with zero attached hydrogens (tertiary/aromatic N) is 3. The van der Waals surface area contributed by atoms with Crippen LogP contribution in [0.3, 0.4) is 0 Å². The molecule has 2 aromatic rings. The van der Waals surface area contributed by atoms with Crippen LogP contribution in [0.5, 0.6) is 0 Å². The van der Waals surface area contributed by atoms with Crippen LogP contribution >= 0.6 is 23.1 Å². The van der Waals surface area contributed by atoms with Gasteiger partial charge in [0.15, 0.2) is 4.34 Å². The van der Waals surface area contributed by atoms with Crippen LogP contribution < -0.4 is 5.32 Å². The van der Waals surface area contributed by atoms with E-state index in [4.69, 9.17) is 4.74 Å². The molecule has 0 saturated heterocycles. The summed E-state index contributed by atoms with van der Waals surface area (Å²) < 4.78 is 43.0. The summed E-state index contributed by atoms with van der Waals surface area (Å²) in [4.78, 5) is 25.6. The monoisotopic (exact) mass is 540 g/mol. The number of esters is 1. The van der Waals surface area contributed by atoms with Gasteiger partial charge in [-0.2, -0.15) is 13.2 Å². The molecular weight excluding hydrogens is 509 g/mol. The van der Waals surface area contributed by atoms with Crippen LogP contribution in [-0.2, 0) is 16.0 Å². The Morgan fingerprint density at radius 1 is 1.19 bits per heavy atom. The van der Waals surface area contributed by atoms with E-state index < -0.39 is 22.1 Å². The zero-order valence-corrected chi connectivity index (χ0v) is 22.8. The number of anilines is 1. The minimum Gasteiger partial charge on any atom is -0.459 e. The Morgan fingerprint density at radius 3 is 2.42 bits per heavy atom. The lowest BCUT2D eigenvalue weighted by Crippen LogP contribution is -2.36. The molecule has 0 aromatic carbocycles. The van der Waals surface area contributed by atoms with Gasteiger partial charge in [-0.3, -0.25) is 4.79 Å². The number of rotatable bonds is 10. The Kier molecular flexibility index (Phi) is 9.90. The van der Waals surface area contributed by atoms with E-state index in [1.165, 1.54) is 29.2 Å². The summed E-state index contributed by atoms with van der Waals surface area (Å²) in [5.74, 6) is 0.148. The third-order valence-corrected chi connectivity index (χ3v) is 6.71. The van der Waals surface area contributed by atoms with E-state index in [2.05, 4.69) is 26.8 Å². The molecule has 11 heteroatoms. The fraction of sp³-hybridized carbons (Fsp3) is 0.440. The smallest absolute Gasteiger partial charge is 0.415 e. The van der Waals surface area contributed by atoms with Gasteiger partial charge in [0.1, 0.15) is 10.3 Å². The molecule has 0 radical (unpaired) electrons. The number of alkyl halides is 3. The summed E-state index contributed by atoms with van der Waals surface area (Å²) in [5.41, 5.74) is 0.830. The highest BCUT2D eigenvalue weighted by Gasteiger charge is 2.34. The minimum absolute atomic E-state index is 0.285. The maximum absolute atomic E-state index is 12.5. The molecule has 1 N–H and O–H groups in total. The van der Waals surface area contributed by atoms with Crippen LogP contribution in [0.15, 0.2) is 52.5 Å². The Hall–Kier alpha value is -2.66. The van der Waals surface area contributed by atoms with Crippen molar-refractivity contribution in [3.8, 4) is 0 Å². The predicted octanol–water partition coefficient (Wildman–Crippen LogP) is 6.88. The molecule has 2 aromatic heterocycles. The zero-order chi connectivity index (χ0) is 27.1. The van der Waals surface area contributed by atoms with Crippen molar-refractivity contribution in [3.05, 3.63) is 59.4 Å². The van der Waals surface area contributed by atoms with Crippen molar-refractivity contribution in [1.29, 1.82) is 0 Å². The predicted molar refractivity (Wildman–Crippen MR) is 140 cm³/mol. The number of thioether (sulfide) groups is 1. The van der Waals surface area contributed by atoms with Crippen molar-refractivity contribution in [2.24, 2.45) is 0 Å². The van der Waals surface area contributed by atoms with Gasteiger partial charge in [-0.15, -0.1) is 11.3 Å². The van der Waals surface area contributed by atoms with Crippen LogP contribution in [0, 0.1) is 0 Å². The SMILES string of the molecule is C=C(/C=C\C=C(/C)c1cnc(NCCc2csc(SC(C)(C)C(=O)OC(C)(C)C)n2)nc1)C(F)(F)F. The second kappa shape index (κ2) is 12.1. The number of carbonyl (C=O) groups is 1. The Morgan fingerprint density at radius 2 is 1.83 bits per heavy atom. The van der Waals surface area contributed by atoms with E-state index in [0.29, 0.717) is 24.5 Å². The molecule has 0 bridgehead atoms. The van der Waals surface area contributed by atoms with Crippen molar-refractivity contribution in [1.82, 2.24) is 15.0 Å². The Balaban J connectivity index is 1.86. The van der Waals surface area contributed by atoms with Gasteiger partial charge in [-0.25, -0.2) is 15.0 Å². The topological polar surface area (TPSA) is 77.0 Å². The fourth-order valence-corrected chi connectivity index (χ4v) is 4.80. The standard InChI is InChI=1S/C25H31F3N4O2S2/c1-16(9-8-10-17(2)25(26,27)28)18-13-30-21(31-14-18)29-12-11-19-15-35-22(32-19)36-24(6,7)20(33)34-23(3,4)5/h8-10,13-15H,2,11-12H2,1,3-7H3,(H,29,30,31)/b10-8-,16-9+. The number of halogens is 3. The maximum Gasteiger partial charge on any atom is 0.415 e. The quantitative estimate of drug-likeness (QED) is 0.200. The van der Waals surface area contributed by atoms with Crippen molar-refractivity contribution < 1.29 is 22.7 Å². The number of allylic oxidation sites excluding steroid dienone is 5. The van der Waals surface area contributed by atoms with Crippen molar-refractivity contribution >= 4 is 40.6 Å². The highest BCUT2D eigenvalue weighted by molar-refractivity contribution is 8.03. The lowest BCUT2D eigenvalue weighted by molar-refractivity contribution is -0.156. The molecule has 2 heterocycles. The minimum atomic E-state index is -4.44. The van der Waals surface area contributed by atoms with Crippen LogP contribution in [0.4, 0.5) is 19.1 Å². The van der Waals surface area contributed by atoms with Gasteiger partial charge < -0.3 is 10.1 Å². The van der Waals surface area contributed by atoms with Gasteiger partial charge in [-0.05, 0) is 47.1 Å². The molecule has 2 rings (SSSR count). The van der Waals surface area contributed by atoms with Crippen molar-refractivity contribution in [3.63, 3.8) is 0 Å². The molecule has 0 spiro atoms. The summed E-state index contributed by atoms with van der Waals surface area (Å²) in [6, 6.07) is 0. The van der Waals surface area contributed by atoms with Crippen LogP contribution in [0.2, 0.25) is 0 Å². The van der Waals surface area contributed by atoms with Gasteiger partial charge in [0.25, 0.3) is 0 Å². The highest BCUT2D eigenvalue weighted by atomic mass is 32.2. The number of hydrogen-bond donors (Lipinski definition) is 1. The molecule has 0 atom stereocenters. The average molecular weight is 541 g/mol. The number of carbonyl (C=O) groups excluding carboxylic acids is 1. The first-order valence-electron chi connectivity index (χ1n) is 11.1. The lowest BCUT2D eigenvalue weighted by Gasteiger charge is -2.27. The van der Waals surface area contributed by atoms with Gasteiger partial charge >= 0.3 is 12.1 Å². The highest BCUT2D eigenvalue weighted by Crippen LogP contribution is 2.36. The molecule has 0 saturated carbocycles. The molecule has 36 heavy (non-hydrogen) atoms. The maximum atomic E-state index is 12.5. The average Bonchev–Trinajstić information content (AvgIpc) is 3.18. The fourth-order valence-electron chi connectivity index (χ4n) is 2.54. The molecule has 0 aliphatic heterocycles. The summed E-state index contributed by atoms with van der Waals surface area (Å²) in [6.07, 6.45) is 3.16. The molecule has 196 valence electrons. The van der Waals surface area contributed by atoms with Crippen LogP contribution in [-0.4, -0.2) is 44.0 Å². The molecule has 0 amide bonds. The molecule has 6 nitrogen and oxygen atoms in total. The Bertz CT molecular complexity index is 1120. The lowest BCUT2D eigenvalue weighted by atomic mass is 10.1. The van der Waals surface area contributed by atoms with Crippen molar-refractivity contribution in [2.45, 2.75) is 68.8 Å². The summed E-state index contributed by atoms with van der Waals surface area (Å²) in [5, 5.41) is 5.08. The normalized spacial score (nSPS) is 13.2. The summed E-state index contributed by atoms with van der Waals surface area (Å²) >= 11 is 2.85. The number of ether oxygens (including phenoxy) is 1.